The van der Waals surface area contributed by atoms with Crippen molar-refractivity contribution in [2.45, 2.75) is 19.6 Å². The molecule has 25 heavy (non-hydrogen) atoms. The van der Waals surface area contributed by atoms with Crippen molar-refractivity contribution in [2.75, 3.05) is 14.2 Å². The largest absolute Gasteiger partial charge is 0.493 e. The van der Waals surface area contributed by atoms with Crippen LogP contribution in [0.3, 0.4) is 0 Å². The molecule has 134 valence electrons. The summed E-state index contributed by atoms with van der Waals surface area (Å²) in [4.78, 5) is 12.2. The van der Waals surface area contributed by atoms with Gasteiger partial charge in [-0.25, -0.2) is 0 Å². The van der Waals surface area contributed by atoms with E-state index in [9.17, 15) is 4.79 Å². The SMILES string of the molecule is COc1ccc(CNC(=O)C(C)Oc2ccc(Cl)c(Cl)c2)cc1OC. The van der Waals surface area contributed by atoms with Crippen LogP contribution in [0.15, 0.2) is 36.4 Å². The molecule has 2 rings (SSSR count). The summed E-state index contributed by atoms with van der Waals surface area (Å²) in [7, 11) is 3.13. The number of hydrogen-bond donors (Lipinski definition) is 1. The maximum absolute atomic E-state index is 12.2. The van der Waals surface area contributed by atoms with Crippen molar-refractivity contribution < 1.29 is 19.0 Å². The number of amides is 1. The van der Waals surface area contributed by atoms with Gasteiger partial charge in [-0.3, -0.25) is 4.79 Å². The normalized spacial score (nSPS) is 11.6. The van der Waals surface area contributed by atoms with Crippen LogP contribution >= 0.6 is 23.2 Å². The minimum Gasteiger partial charge on any atom is -0.493 e. The van der Waals surface area contributed by atoms with Crippen molar-refractivity contribution in [2.24, 2.45) is 0 Å². The van der Waals surface area contributed by atoms with E-state index >= 15 is 0 Å². The van der Waals surface area contributed by atoms with Crippen LogP contribution in [0, 0.1) is 0 Å². The molecule has 1 amide bonds. The van der Waals surface area contributed by atoms with Crippen molar-refractivity contribution in [1.82, 2.24) is 5.32 Å². The Morgan fingerprint density at radius 2 is 1.76 bits per heavy atom. The first-order valence-corrected chi connectivity index (χ1v) is 8.30. The molecular weight excluding hydrogens is 365 g/mol. The fraction of sp³-hybridized carbons (Fsp3) is 0.278. The Labute approximate surface area is 156 Å². The fourth-order valence-electron chi connectivity index (χ4n) is 2.13. The molecule has 0 bridgehead atoms. The van der Waals surface area contributed by atoms with Gasteiger partial charge in [-0.2, -0.15) is 0 Å². The van der Waals surface area contributed by atoms with Crippen LogP contribution in [0.2, 0.25) is 10.0 Å². The molecule has 0 saturated heterocycles. The lowest BCUT2D eigenvalue weighted by Crippen LogP contribution is -2.35. The molecule has 2 aromatic rings. The third-order valence-corrected chi connectivity index (χ3v) is 4.23. The van der Waals surface area contributed by atoms with Crippen molar-refractivity contribution >= 4 is 29.1 Å². The topological polar surface area (TPSA) is 56.8 Å². The highest BCUT2D eigenvalue weighted by atomic mass is 35.5. The molecule has 0 radical (unpaired) electrons. The van der Waals surface area contributed by atoms with E-state index in [2.05, 4.69) is 5.32 Å². The van der Waals surface area contributed by atoms with E-state index in [0.717, 1.165) is 5.56 Å². The van der Waals surface area contributed by atoms with Crippen molar-refractivity contribution in [3.05, 3.63) is 52.0 Å². The Bertz CT molecular complexity index is 752. The van der Waals surface area contributed by atoms with Crippen LogP contribution in [0.25, 0.3) is 0 Å². The quantitative estimate of drug-likeness (QED) is 0.781. The van der Waals surface area contributed by atoms with Gasteiger partial charge in [0.15, 0.2) is 17.6 Å². The average Bonchev–Trinajstić information content (AvgIpc) is 2.62. The zero-order valence-electron chi connectivity index (χ0n) is 14.1. The average molecular weight is 384 g/mol. The maximum Gasteiger partial charge on any atom is 0.261 e. The monoisotopic (exact) mass is 383 g/mol. The predicted molar refractivity (Wildman–Crippen MR) is 97.9 cm³/mol. The number of carbonyl (C=O) groups excluding carboxylic acids is 1. The number of rotatable bonds is 7. The zero-order chi connectivity index (χ0) is 18.4. The van der Waals surface area contributed by atoms with Crippen LogP contribution in [0.1, 0.15) is 12.5 Å². The standard InChI is InChI=1S/C18H19Cl2NO4/c1-11(25-13-5-6-14(19)15(20)9-13)18(22)21-10-12-4-7-16(23-2)17(8-12)24-3/h4-9,11H,10H2,1-3H3,(H,21,22). The van der Waals surface area contributed by atoms with Gasteiger partial charge in [-0.1, -0.05) is 29.3 Å². The second-order valence-electron chi connectivity index (χ2n) is 5.24. The highest BCUT2D eigenvalue weighted by Crippen LogP contribution is 2.28. The fourth-order valence-corrected chi connectivity index (χ4v) is 2.42. The smallest absolute Gasteiger partial charge is 0.261 e. The van der Waals surface area contributed by atoms with E-state index in [1.165, 1.54) is 0 Å². The number of halogens is 2. The summed E-state index contributed by atoms with van der Waals surface area (Å²) in [6.45, 7) is 2.00. The number of methoxy groups -OCH3 is 2. The number of hydrogen-bond acceptors (Lipinski definition) is 4. The second kappa shape index (κ2) is 8.83. The van der Waals surface area contributed by atoms with Gasteiger partial charge < -0.3 is 19.5 Å². The van der Waals surface area contributed by atoms with E-state index in [1.807, 2.05) is 12.1 Å². The molecule has 0 spiro atoms. The highest BCUT2D eigenvalue weighted by Gasteiger charge is 2.15. The molecule has 7 heteroatoms. The van der Waals surface area contributed by atoms with E-state index in [-0.39, 0.29) is 5.91 Å². The minimum atomic E-state index is -0.683. The molecule has 1 unspecified atom stereocenters. The minimum absolute atomic E-state index is 0.249. The molecule has 0 aliphatic carbocycles. The molecule has 0 aromatic heterocycles. The molecule has 1 atom stereocenters. The van der Waals surface area contributed by atoms with Crippen molar-refractivity contribution in [3.63, 3.8) is 0 Å². The summed E-state index contributed by atoms with van der Waals surface area (Å²) in [6, 6.07) is 10.3. The number of carbonyl (C=O) groups is 1. The van der Waals surface area contributed by atoms with E-state index in [4.69, 9.17) is 37.4 Å². The van der Waals surface area contributed by atoms with Crippen LogP contribution in [0.5, 0.6) is 17.2 Å². The molecule has 0 aliphatic heterocycles. The van der Waals surface area contributed by atoms with Gasteiger partial charge in [0, 0.05) is 12.6 Å². The second-order valence-corrected chi connectivity index (χ2v) is 6.06. The molecule has 5 nitrogen and oxygen atoms in total. The number of benzene rings is 2. The Hall–Kier alpha value is -2.11. The lowest BCUT2D eigenvalue weighted by Gasteiger charge is -2.15. The highest BCUT2D eigenvalue weighted by molar-refractivity contribution is 6.42. The third kappa shape index (κ3) is 5.18. The molecule has 0 aliphatic rings. The van der Waals surface area contributed by atoms with E-state index in [1.54, 1.807) is 45.4 Å². The lowest BCUT2D eigenvalue weighted by molar-refractivity contribution is -0.127. The Morgan fingerprint density at radius 3 is 2.40 bits per heavy atom. The maximum atomic E-state index is 12.2. The van der Waals surface area contributed by atoms with Gasteiger partial charge in [-0.05, 0) is 36.8 Å². The predicted octanol–water partition coefficient (Wildman–Crippen LogP) is 4.09. The Morgan fingerprint density at radius 1 is 1.04 bits per heavy atom. The summed E-state index contributed by atoms with van der Waals surface area (Å²) in [5.74, 6) is 1.47. The Balaban J connectivity index is 1.94. The van der Waals surface area contributed by atoms with Gasteiger partial charge in [0.25, 0.3) is 5.91 Å². The van der Waals surface area contributed by atoms with Crippen LogP contribution in [-0.4, -0.2) is 26.2 Å². The summed E-state index contributed by atoms with van der Waals surface area (Å²) in [5.41, 5.74) is 0.882. The third-order valence-electron chi connectivity index (χ3n) is 3.49. The molecular formula is C18H19Cl2NO4. The molecule has 0 fully saturated rings. The Kier molecular flexibility index (Phi) is 6.79. The van der Waals surface area contributed by atoms with Crippen molar-refractivity contribution in [3.8, 4) is 17.2 Å². The molecule has 2 aromatic carbocycles. The summed E-state index contributed by atoms with van der Waals surface area (Å²) in [5, 5.41) is 3.62. The van der Waals surface area contributed by atoms with Gasteiger partial charge in [0.2, 0.25) is 0 Å². The number of nitrogens with one attached hydrogen (secondary N) is 1. The number of ether oxygens (including phenoxy) is 3. The molecule has 0 saturated carbocycles. The van der Waals surface area contributed by atoms with Crippen LogP contribution in [0.4, 0.5) is 0 Å². The first-order valence-electron chi connectivity index (χ1n) is 7.55. The first-order chi connectivity index (χ1) is 11.9. The molecule has 0 heterocycles. The zero-order valence-corrected chi connectivity index (χ0v) is 15.6. The summed E-state index contributed by atoms with van der Waals surface area (Å²) < 4.78 is 16.0. The van der Waals surface area contributed by atoms with Gasteiger partial charge in [0.05, 0.1) is 24.3 Å². The molecule has 1 N–H and O–H groups in total. The van der Waals surface area contributed by atoms with E-state index < -0.39 is 6.10 Å². The lowest BCUT2D eigenvalue weighted by atomic mass is 10.2. The van der Waals surface area contributed by atoms with Crippen molar-refractivity contribution in [1.29, 1.82) is 0 Å². The van der Waals surface area contributed by atoms with Gasteiger partial charge >= 0.3 is 0 Å². The van der Waals surface area contributed by atoms with Crippen LogP contribution in [-0.2, 0) is 11.3 Å². The summed E-state index contributed by atoms with van der Waals surface area (Å²) >= 11 is 11.8. The summed E-state index contributed by atoms with van der Waals surface area (Å²) in [6.07, 6.45) is -0.683. The van der Waals surface area contributed by atoms with Gasteiger partial charge in [0.1, 0.15) is 5.75 Å². The van der Waals surface area contributed by atoms with Gasteiger partial charge in [-0.15, -0.1) is 0 Å². The van der Waals surface area contributed by atoms with E-state index in [0.29, 0.717) is 33.8 Å². The first kappa shape index (κ1) is 19.2. The van der Waals surface area contributed by atoms with Crippen LogP contribution < -0.4 is 19.5 Å².